The molecule has 0 bridgehead atoms. The molecule has 6 heteroatoms. The summed E-state index contributed by atoms with van der Waals surface area (Å²) in [5, 5.41) is 9.03. The van der Waals surface area contributed by atoms with Gasteiger partial charge in [0.2, 0.25) is 5.91 Å². The van der Waals surface area contributed by atoms with Gasteiger partial charge in [-0.15, -0.1) is 0 Å². The van der Waals surface area contributed by atoms with Gasteiger partial charge >= 0.3 is 5.97 Å². The zero-order chi connectivity index (χ0) is 13.7. The number of carbonyl (C=O) groups is 2. The number of anilines is 1. The number of amides is 1. The van der Waals surface area contributed by atoms with Crippen molar-refractivity contribution in [3.8, 4) is 0 Å². The van der Waals surface area contributed by atoms with Crippen molar-refractivity contribution >= 4 is 35.2 Å². The van der Waals surface area contributed by atoms with E-state index in [1.807, 2.05) is 0 Å². The van der Waals surface area contributed by atoms with Crippen LogP contribution in [0.5, 0.6) is 0 Å². The van der Waals surface area contributed by atoms with E-state index in [2.05, 4.69) is 0 Å². The number of nitrogens with zero attached hydrogens (tertiary/aromatic N) is 1. The van der Waals surface area contributed by atoms with Crippen molar-refractivity contribution in [2.24, 2.45) is 5.73 Å². The van der Waals surface area contributed by atoms with Crippen LogP contribution in [-0.4, -0.2) is 30.6 Å². The molecule has 0 radical (unpaired) electrons. The minimum absolute atomic E-state index is 0.0221. The highest BCUT2D eigenvalue weighted by molar-refractivity contribution is 6.32. The van der Waals surface area contributed by atoms with Crippen molar-refractivity contribution in [1.82, 2.24) is 0 Å². The molecule has 0 aliphatic rings. The molecular weight excluding hydrogens is 256 g/mol. The third-order valence-corrected chi connectivity index (χ3v) is 2.56. The van der Waals surface area contributed by atoms with Crippen LogP contribution in [0.2, 0.25) is 5.02 Å². The summed E-state index contributed by atoms with van der Waals surface area (Å²) in [6.45, 7) is 0.0221. The Morgan fingerprint density at radius 1 is 1.50 bits per heavy atom. The summed E-state index contributed by atoms with van der Waals surface area (Å²) in [7, 11) is 1.68. The van der Waals surface area contributed by atoms with Crippen LogP contribution >= 0.6 is 11.6 Å². The summed E-state index contributed by atoms with van der Waals surface area (Å²) in [6, 6.07) is 5.09. The molecule has 0 fully saturated rings. The second-order valence-corrected chi connectivity index (χ2v) is 4.07. The van der Waals surface area contributed by atoms with E-state index in [0.29, 0.717) is 16.3 Å². The van der Waals surface area contributed by atoms with Crippen molar-refractivity contribution < 1.29 is 14.7 Å². The van der Waals surface area contributed by atoms with Gasteiger partial charge in [-0.05, 0) is 18.2 Å². The molecule has 0 aliphatic heterocycles. The molecule has 3 N–H and O–H groups in total. The molecule has 0 aromatic heterocycles. The first-order valence-corrected chi connectivity index (χ1v) is 5.48. The Kier molecular flexibility index (Phi) is 4.74. The number of carboxylic acid groups (broad SMARTS) is 1. The van der Waals surface area contributed by atoms with Gasteiger partial charge in [0.05, 0.1) is 6.54 Å². The van der Waals surface area contributed by atoms with Crippen LogP contribution in [0.15, 0.2) is 24.3 Å². The molecular formula is C12H13ClN2O3. The lowest BCUT2D eigenvalue weighted by atomic mass is 10.1. The average Bonchev–Trinajstić information content (AvgIpc) is 2.25. The van der Waals surface area contributed by atoms with E-state index in [9.17, 15) is 9.59 Å². The van der Waals surface area contributed by atoms with E-state index in [1.165, 1.54) is 6.08 Å². The fourth-order valence-corrected chi connectivity index (χ4v) is 1.73. The van der Waals surface area contributed by atoms with Crippen molar-refractivity contribution in [2.45, 2.75) is 0 Å². The number of primary amides is 1. The highest BCUT2D eigenvalue weighted by Gasteiger charge is 2.10. The van der Waals surface area contributed by atoms with E-state index in [-0.39, 0.29) is 6.54 Å². The number of benzene rings is 1. The maximum Gasteiger partial charge on any atom is 0.328 e. The summed E-state index contributed by atoms with van der Waals surface area (Å²) in [4.78, 5) is 23.0. The normalized spacial score (nSPS) is 10.6. The Labute approximate surface area is 109 Å². The SMILES string of the molecule is CN(CC(N)=O)c1cccc(Cl)c1/C=C/C(=O)O. The largest absolute Gasteiger partial charge is 0.478 e. The number of carboxylic acids is 1. The van der Waals surface area contributed by atoms with E-state index in [4.69, 9.17) is 22.4 Å². The molecule has 1 aromatic carbocycles. The minimum Gasteiger partial charge on any atom is -0.478 e. The quantitative estimate of drug-likeness (QED) is 0.790. The Hall–Kier alpha value is -2.01. The first kappa shape index (κ1) is 14.1. The molecule has 18 heavy (non-hydrogen) atoms. The number of aliphatic carboxylic acids is 1. The van der Waals surface area contributed by atoms with Crippen molar-refractivity contribution in [2.75, 3.05) is 18.5 Å². The van der Waals surface area contributed by atoms with Crippen LogP contribution in [-0.2, 0) is 9.59 Å². The molecule has 0 unspecified atom stereocenters. The van der Waals surface area contributed by atoms with E-state index >= 15 is 0 Å². The zero-order valence-corrected chi connectivity index (χ0v) is 10.5. The molecule has 0 saturated carbocycles. The van der Waals surface area contributed by atoms with Crippen LogP contribution in [0.4, 0.5) is 5.69 Å². The standard InChI is InChI=1S/C12H13ClN2O3/c1-15(7-11(14)16)10-4-2-3-9(13)8(10)5-6-12(17)18/h2-6H,7H2,1H3,(H2,14,16)(H,17,18)/b6-5+. The lowest BCUT2D eigenvalue weighted by molar-refractivity contribution is -0.131. The van der Waals surface area contributed by atoms with Gasteiger partial charge < -0.3 is 15.7 Å². The fourth-order valence-electron chi connectivity index (χ4n) is 1.50. The molecule has 5 nitrogen and oxygen atoms in total. The maximum atomic E-state index is 10.9. The number of hydrogen-bond donors (Lipinski definition) is 2. The summed E-state index contributed by atoms with van der Waals surface area (Å²) in [5.74, 6) is -1.55. The highest BCUT2D eigenvalue weighted by atomic mass is 35.5. The number of halogens is 1. The van der Waals surface area contributed by atoms with Gasteiger partial charge in [0, 0.05) is 29.4 Å². The summed E-state index contributed by atoms with van der Waals surface area (Å²) in [6.07, 6.45) is 2.38. The van der Waals surface area contributed by atoms with Gasteiger partial charge in [-0.25, -0.2) is 4.79 Å². The molecule has 0 heterocycles. The topological polar surface area (TPSA) is 83.6 Å². The number of rotatable bonds is 5. The Bertz CT molecular complexity index is 500. The van der Waals surface area contributed by atoms with Gasteiger partial charge in [0.1, 0.15) is 0 Å². The molecule has 0 spiro atoms. The molecule has 0 saturated heterocycles. The number of nitrogens with two attached hydrogens (primary N) is 1. The number of likely N-dealkylation sites (N-methyl/N-ethyl adjacent to an activating group) is 1. The lowest BCUT2D eigenvalue weighted by Gasteiger charge is -2.20. The van der Waals surface area contributed by atoms with Gasteiger partial charge in [-0.1, -0.05) is 17.7 Å². The zero-order valence-electron chi connectivity index (χ0n) is 9.76. The second kappa shape index (κ2) is 6.07. The van der Waals surface area contributed by atoms with Crippen LogP contribution in [0.3, 0.4) is 0 Å². The van der Waals surface area contributed by atoms with Gasteiger partial charge in [0.25, 0.3) is 0 Å². The van der Waals surface area contributed by atoms with E-state index in [0.717, 1.165) is 6.08 Å². The van der Waals surface area contributed by atoms with Crippen molar-refractivity contribution in [3.63, 3.8) is 0 Å². The highest BCUT2D eigenvalue weighted by Crippen LogP contribution is 2.28. The molecule has 1 aromatic rings. The van der Waals surface area contributed by atoms with Crippen LogP contribution in [0.25, 0.3) is 6.08 Å². The fraction of sp³-hybridized carbons (Fsp3) is 0.167. The monoisotopic (exact) mass is 268 g/mol. The van der Waals surface area contributed by atoms with Crippen molar-refractivity contribution in [3.05, 3.63) is 34.9 Å². The molecule has 0 atom stereocenters. The Morgan fingerprint density at radius 3 is 2.72 bits per heavy atom. The first-order valence-electron chi connectivity index (χ1n) is 5.10. The third-order valence-electron chi connectivity index (χ3n) is 2.23. The average molecular weight is 269 g/mol. The Balaban J connectivity index is 3.14. The van der Waals surface area contributed by atoms with Gasteiger partial charge in [0.15, 0.2) is 0 Å². The van der Waals surface area contributed by atoms with E-state index < -0.39 is 11.9 Å². The third kappa shape index (κ3) is 3.78. The summed E-state index contributed by atoms with van der Waals surface area (Å²) >= 11 is 6.01. The molecule has 0 aliphatic carbocycles. The van der Waals surface area contributed by atoms with E-state index in [1.54, 1.807) is 30.1 Å². The predicted molar refractivity (Wildman–Crippen MR) is 70.6 cm³/mol. The smallest absolute Gasteiger partial charge is 0.328 e. The minimum atomic E-state index is -1.07. The van der Waals surface area contributed by atoms with Crippen molar-refractivity contribution in [1.29, 1.82) is 0 Å². The molecule has 96 valence electrons. The molecule has 1 rings (SSSR count). The van der Waals surface area contributed by atoms with Gasteiger partial charge in [-0.3, -0.25) is 4.79 Å². The number of carbonyl (C=O) groups excluding carboxylic acids is 1. The lowest BCUT2D eigenvalue weighted by Crippen LogP contribution is -2.30. The maximum absolute atomic E-state index is 10.9. The Morgan fingerprint density at radius 2 is 2.17 bits per heavy atom. The van der Waals surface area contributed by atoms with Crippen LogP contribution < -0.4 is 10.6 Å². The number of hydrogen-bond acceptors (Lipinski definition) is 3. The second-order valence-electron chi connectivity index (χ2n) is 3.67. The molecule has 1 amide bonds. The first-order chi connectivity index (χ1) is 8.41. The predicted octanol–water partition coefficient (Wildman–Crippen LogP) is 1.36. The van der Waals surface area contributed by atoms with Crippen LogP contribution in [0.1, 0.15) is 5.56 Å². The van der Waals surface area contributed by atoms with Crippen LogP contribution in [0, 0.1) is 0 Å². The van der Waals surface area contributed by atoms with Gasteiger partial charge in [-0.2, -0.15) is 0 Å². The summed E-state index contributed by atoms with van der Waals surface area (Å²) < 4.78 is 0. The summed E-state index contributed by atoms with van der Waals surface area (Å²) in [5.41, 5.74) is 6.29.